The van der Waals surface area contributed by atoms with Crippen molar-refractivity contribution in [1.29, 1.82) is 0 Å². The van der Waals surface area contributed by atoms with Crippen LogP contribution in [0.15, 0.2) is 48.5 Å². The highest BCUT2D eigenvalue weighted by molar-refractivity contribution is 6.30. The van der Waals surface area contributed by atoms with E-state index in [4.69, 9.17) is 21.1 Å². The molecule has 27 heavy (non-hydrogen) atoms. The Labute approximate surface area is 166 Å². The Morgan fingerprint density at radius 2 is 1.81 bits per heavy atom. The van der Waals surface area contributed by atoms with Gasteiger partial charge in [-0.3, -0.25) is 4.79 Å². The third-order valence-electron chi connectivity index (χ3n) is 3.97. The Morgan fingerprint density at radius 3 is 2.48 bits per heavy atom. The van der Waals surface area contributed by atoms with Crippen molar-refractivity contribution in [3.8, 4) is 11.5 Å². The molecule has 1 N–H and O–H groups in total. The zero-order chi connectivity index (χ0) is 19.6. The van der Waals surface area contributed by atoms with Gasteiger partial charge in [0.2, 0.25) is 0 Å². The lowest BCUT2D eigenvalue weighted by Crippen LogP contribution is -2.38. The molecule has 2 rings (SSSR count). The van der Waals surface area contributed by atoms with Crippen LogP contribution in [0.3, 0.4) is 0 Å². The molecule has 4 nitrogen and oxygen atoms in total. The van der Waals surface area contributed by atoms with Crippen LogP contribution in [-0.4, -0.2) is 24.7 Å². The third kappa shape index (κ3) is 7.51. The van der Waals surface area contributed by atoms with Crippen LogP contribution in [0.2, 0.25) is 5.02 Å². The maximum Gasteiger partial charge on any atom is 0.261 e. The standard InChI is InChI=1S/C22H28ClNO3/c1-4-21(27-19-12-10-18(23)11-13-19)22(25)24-14-6-8-17-7-5-9-20(15-17)26-16(2)3/h5,7,9-13,15-16,21H,4,6,8,14H2,1-3H3,(H,24,25)/t21-/m1/s1. The molecule has 0 radical (unpaired) electrons. The third-order valence-corrected chi connectivity index (χ3v) is 4.22. The molecular formula is C22H28ClNO3. The summed E-state index contributed by atoms with van der Waals surface area (Å²) in [5.74, 6) is 1.43. The van der Waals surface area contributed by atoms with Crippen LogP contribution in [0, 0.1) is 0 Å². The van der Waals surface area contributed by atoms with Crippen LogP contribution in [0.1, 0.15) is 39.2 Å². The van der Waals surface area contributed by atoms with Crippen LogP contribution < -0.4 is 14.8 Å². The predicted molar refractivity (Wildman–Crippen MR) is 110 cm³/mol. The first-order valence-electron chi connectivity index (χ1n) is 9.43. The smallest absolute Gasteiger partial charge is 0.261 e. The lowest BCUT2D eigenvalue weighted by atomic mass is 10.1. The fourth-order valence-electron chi connectivity index (χ4n) is 2.66. The van der Waals surface area contributed by atoms with Crippen molar-refractivity contribution in [2.45, 2.75) is 52.2 Å². The molecule has 0 aliphatic heterocycles. The van der Waals surface area contributed by atoms with E-state index >= 15 is 0 Å². The molecule has 0 aliphatic rings. The average Bonchev–Trinajstić information content (AvgIpc) is 2.64. The van der Waals surface area contributed by atoms with Gasteiger partial charge in [0.05, 0.1) is 6.10 Å². The number of carbonyl (C=O) groups is 1. The molecule has 0 fully saturated rings. The van der Waals surface area contributed by atoms with Gasteiger partial charge in [-0.05, 0) is 75.1 Å². The molecule has 2 aromatic rings. The van der Waals surface area contributed by atoms with E-state index in [-0.39, 0.29) is 12.0 Å². The van der Waals surface area contributed by atoms with Crippen molar-refractivity contribution >= 4 is 17.5 Å². The van der Waals surface area contributed by atoms with Gasteiger partial charge in [-0.15, -0.1) is 0 Å². The Bertz CT molecular complexity index is 716. The van der Waals surface area contributed by atoms with Gasteiger partial charge in [-0.2, -0.15) is 0 Å². The number of hydrogen-bond donors (Lipinski definition) is 1. The minimum absolute atomic E-state index is 0.0932. The summed E-state index contributed by atoms with van der Waals surface area (Å²) in [6, 6.07) is 15.1. The van der Waals surface area contributed by atoms with Crippen molar-refractivity contribution in [3.63, 3.8) is 0 Å². The molecule has 2 aromatic carbocycles. The summed E-state index contributed by atoms with van der Waals surface area (Å²) in [4.78, 5) is 12.4. The second kappa shape index (κ2) is 10.8. The fourth-order valence-corrected chi connectivity index (χ4v) is 2.79. The lowest BCUT2D eigenvalue weighted by molar-refractivity contribution is -0.128. The number of ether oxygens (including phenoxy) is 2. The largest absolute Gasteiger partial charge is 0.491 e. The summed E-state index contributed by atoms with van der Waals surface area (Å²) >= 11 is 5.87. The van der Waals surface area contributed by atoms with Crippen LogP contribution in [0.4, 0.5) is 0 Å². The Balaban J connectivity index is 1.76. The Kier molecular flexibility index (Phi) is 8.46. The quantitative estimate of drug-likeness (QED) is 0.579. The first kappa shape index (κ1) is 21.1. The molecule has 5 heteroatoms. The minimum atomic E-state index is -0.506. The summed E-state index contributed by atoms with van der Waals surface area (Å²) in [6.07, 6.45) is 1.99. The predicted octanol–water partition coefficient (Wildman–Crippen LogP) is 5.03. The topological polar surface area (TPSA) is 47.6 Å². The summed E-state index contributed by atoms with van der Waals surface area (Å²) in [6.45, 7) is 6.56. The first-order chi connectivity index (χ1) is 13.0. The molecule has 0 spiro atoms. The molecule has 146 valence electrons. The number of hydrogen-bond acceptors (Lipinski definition) is 3. The van der Waals surface area contributed by atoms with Gasteiger partial charge in [-0.1, -0.05) is 30.7 Å². The van der Waals surface area contributed by atoms with Crippen LogP contribution >= 0.6 is 11.6 Å². The number of aryl methyl sites for hydroxylation is 1. The van der Waals surface area contributed by atoms with Crippen LogP contribution in [0.25, 0.3) is 0 Å². The highest BCUT2D eigenvalue weighted by Crippen LogP contribution is 2.18. The van der Waals surface area contributed by atoms with E-state index in [2.05, 4.69) is 17.4 Å². The zero-order valence-corrected chi connectivity index (χ0v) is 17.0. The minimum Gasteiger partial charge on any atom is -0.491 e. The van der Waals surface area contributed by atoms with E-state index in [0.29, 0.717) is 23.7 Å². The number of halogens is 1. The van der Waals surface area contributed by atoms with Crippen molar-refractivity contribution in [1.82, 2.24) is 5.32 Å². The van der Waals surface area contributed by atoms with Crippen molar-refractivity contribution in [3.05, 3.63) is 59.1 Å². The normalized spacial score (nSPS) is 11.9. The SMILES string of the molecule is CC[C@@H](Oc1ccc(Cl)cc1)C(=O)NCCCc1cccc(OC(C)C)c1. The van der Waals surface area contributed by atoms with E-state index in [1.165, 1.54) is 5.56 Å². The lowest BCUT2D eigenvalue weighted by Gasteiger charge is -2.17. The molecule has 1 amide bonds. The number of nitrogens with one attached hydrogen (secondary N) is 1. The zero-order valence-electron chi connectivity index (χ0n) is 16.2. The molecule has 0 saturated heterocycles. The number of benzene rings is 2. The number of rotatable bonds is 10. The van der Waals surface area contributed by atoms with Crippen molar-refractivity contribution in [2.75, 3.05) is 6.54 Å². The van der Waals surface area contributed by atoms with Gasteiger partial charge in [0, 0.05) is 11.6 Å². The van der Waals surface area contributed by atoms with E-state index < -0.39 is 6.10 Å². The van der Waals surface area contributed by atoms with E-state index in [9.17, 15) is 4.79 Å². The molecule has 0 saturated carbocycles. The van der Waals surface area contributed by atoms with Crippen molar-refractivity contribution in [2.24, 2.45) is 0 Å². The van der Waals surface area contributed by atoms with Gasteiger partial charge in [-0.25, -0.2) is 0 Å². The van der Waals surface area contributed by atoms with E-state index in [0.717, 1.165) is 18.6 Å². The summed E-state index contributed by atoms with van der Waals surface area (Å²) in [7, 11) is 0. The molecule has 0 unspecified atom stereocenters. The van der Waals surface area contributed by atoms with Gasteiger partial charge in [0.1, 0.15) is 11.5 Å². The molecule has 0 heterocycles. The first-order valence-corrected chi connectivity index (χ1v) is 9.81. The monoisotopic (exact) mass is 389 g/mol. The van der Waals surface area contributed by atoms with Crippen LogP contribution in [0.5, 0.6) is 11.5 Å². The maximum absolute atomic E-state index is 12.4. The second-order valence-electron chi connectivity index (χ2n) is 6.68. The highest BCUT2D eigenvalue weighted by Gasteiger charge is 2.17. The summed E-state index contributed by atoms with van der Waals surface area (Å²) < 4.78 is 11.5. The average molecular weight is 390 g/mol. The Morgan fingerprint density at radius 1 is 1.07 bits per heavy atom. The summed E-state index contributed by atoms with van der Waals surface area (Å²) in [5.41, 5.74) is 1.20. The highest BCUT2D eigenvalue weighted by atomic mass is 35.5. The Hall–Kier alpha value is -2.20. The number of carbonyl (C=O) groups excluding carboxylic acids is 1. The molecule has 0 aliphatic carbocycles. The number of amides is 1. The fraction of sp³-hybridized carbons (Fsp3) is 0.409. The van der Waals surface area contributed by atoms with E-state index in [1.807, 2.05) is 32.9 Å². The van der Waals surface area contributed by atoms with Gasteiger partial charge >= 0.3 is 0 Å². The molecule has 0 aromatic heterocycles. The van der Waals surface area contributed by atoms with Crippen molar-refractivity contribution < 1.29 is 14.3 Å². The molecular weight excluding hydrogens is 362 g/mol. The van der Waals surface area contributed by atoms with E-state index in [1.54, 1.807) is 24.3 Å². The van der Waals surface area contributed by atoms with Gasteiger partial charge in [0.25, 0.3) is 5.91 Å². The van der Waals surface area contributed by atoms with Gasteiger partial charge in [0.15, 0.2) is 6.10 Å². The second-order valence-corrected chi connectivity index (χ2v) is 7.11. The molecule has 0 bridgehead atoms. The maximum atomic E-state index is 12.4. The molecule has 1 atom stereocenters. The summed E-state index contributed by atoms with van der Waals surface area (Å²) in [5, 5.41) is 3.60. The van der Waals surface area contributed by atoms with Crippen LogP contribution in [-0.2, 0) is 11.2 Å². The van der Waals surface area contributed by atoms with Gasteiger partial charge < -0.3 is 14.8 Å².